The molecule has 0 amide bonds. The van der Waals surface area contributed by atoms with E-state index in [1.165, 1.54) is 0 Å². The van der Waals surface area contributed by atoms with E-state index in [0.29, 0.717) is 0 Å². The van der Waals surface area contributed by atoms with E-state index in [9.17, 15) is 9.90 Å². The molecule has 0 radical (unpaired) electrons. The average molecular weight is 198 g/mol. The Balaban J connectivity index is 2.44. The van der Waals surface area contributed by atoms with Gasteiger partial charge in [-0.2, -0.15) is 0 Å². The van der Waals surface area contributed by atoms with Gasteiger partial charge in [-0.05, 0) is 29.6 Å². The van der Waals surface area contributed by atoms with Crippen molar-refractivity contribution in [3.05, 3.63) is 0 Å². The van der Waals surface area contributed by atoms with E-state index in [1.54, 1.807) is 0 Å². The lowest BCUT2D eigenvalue weighted by Gasteiger charge is -2.36. The highest BCUT2D eigenvalue weighted by molar-refractivity contribution is 5.72. The molecule has 0 aromatic rings. The lowest BCUT2D eigenvalue weighted by atomic mass is 9.70. The number of aliphatic carboxylic acids is 1. The molecule has 3 heteroatoms. The Morgan fingerprint density at radius 1 is 1.36 bits per heavy atom. The van der Waals surface area contributed by atoms with Crippen molar-refractivity contribution in [3.8, 4) is 0 Å². The summed E-state index contributed by atoms with van der Waals surface area (Å²) in [6, 6.07) is 0. The maximum absolute atomic E-state index is 11.1. The second kappa shape index (κ2) is 2.51. The fourth-order valence-corrected chi connectivity index (χ4v) is 3.64. The monoisotopic (exact) mass is 198 g/mol. The minimum Gasteiger partial charge on any atom is -0.481 e. The summed E-state index contributed by atoms with van der Waals surface area (Å²) in [6.07, 6.45) is 1.22. The third-order valence-corrected chi connectivity index (χ3v) is 5.09. The van der Waals surface area contributed by atoms with Crippen LogP contribution in [0.25, 0.3) is 0 Å². The zero-order valence-electron chi connectivity index (χ0n) is 8.95. The summed E-state index contributed by atoms with van der Waals surface area (Å²) in [7, 11) is 0. The first kappa shape index (κ1) is 9.97. The smallest absolute Gasteiger partial charge is 0.309 e. The highest BCUT2D eigenvalue weighted by atomic mass is 16.4. The number of hydrogen-bond donors (Lipinski definition) is 2. The number of rotatable bonds is 1. The van der Waals surface area contributed by atoms with E-state index in [0.717, 1.165) is 12.8 Å². The van der Waals surface area contributed by atoms with Crippen molar-refractivity contribution in [2.24, 2.45) is 22.7 Å². The van der Waals surface area contributed by atoms with Crippen LogP contribution in [0.3, 0.4) is 0 Å². The normalized spacial score (nSPS) is 49.6. The molecule has 2 N–H and O–H groups in total. The summed E-state index contributed by atoms with van der Waals surface area (Å²) in [6.45, 7) is 6.22. The molecule has 14 heavy (non-hydrogen) atoms. The molecular weight excluding hydrogens is 180 g/mol. The van der Waals surface area contributed by atoms with Gasteiger partial charge in [-0.25, -0.2) is 0 Å². The highest BCUT2D eigenvalue weighted by Gasteiger charge is 2.67. The molecule has 0 aliphatic heterocycles. The minimum absolute atomic E-state index is 0.0462. The van der Waals surface area contributed by atoms with Crippen LogP contribution in [0.1, 0.15) is 33.6 Å². The van der Waals surface area contributed by atoms with Crippen LogP contribution in [0.5, 0.6) is 0 Å². The van der Waals surface area contributed by atoms with Gasteiger partial charge in [0.1, 0.15) is 0 Å². The number of hydrogen-bond acceptors (Lipinski definition) is 2. The summed E-state index contributed by atoms with van der Waals surface area (Å²) in [4.78, 5) is 11.1. The van der Waals surface area contributed by atoms with Crippen molar-refractivity contribution in [2.45, 2.75) is 39.7 Å². The van der Waals surface area contributed by atoms with Gasteiger partial charge in [-0.1, -0.05) is 20.8 Å². The Kier molecular flexibility index (Phi) is 1.79. The first-order chi connectivity index (χ1) is 6.32. The van der Waals surface area contributed by atoms with Crippen molar-refractivity contribution >= 4 is 5.97 Å². The van der Waals surface area contributed by atoms with Gasteiger partial charge < -0.3 is 10.2 Å². The molecule has 0 spiro atoms. The number of carbonyl (C=O) groups is 1. The molecule has 0 unspecified atom stereocenters. The molecule has 2 rings (SSSR count). The first-order valence-electron chi connectivity index (χ1n) is 5.23. The summed E-state index contributed by atoms with van der Waals surface area (Å²) in [5.41, 5.74) is -0.254. The minimum atomic E-state index is -0.834. The van der Waals surface area contributed by atoms with E-state index >= 15 is 0 Å². The standard InChI is InChI=1S/C11H18O3/c1-10(2)6-4-5-11(10,3)8(12)7(6)9(13)14/h6-8,12H,4-5H2,1-3H3,(H,13,14)/t6-,7-,8-,11+/m1/s1. The summed E-state index contributed by atoms with van der Waals surface area (Å²) >= 11 is 0. The van der Waals surface area contributed by atoms with Gasteiger partial charge in [0.15, 0.2) is 0 Å². The van der Waals surface area contributed by atoms with Crippen LogP contribution in [0.15, 0.2) is 0 Å². The summed E-state index contributed by atoms with van der Waals surface area (Å²) < 4.78 is 0. The number of fused-ring (bicyclic) bond motifs is 2. The zero-order valence-corrected chi connectivity index (χ0v) is 8.95. The van der Waals surface area contributed by atoms with Gasteiger partial charge in [0, 0.05) is 0 Å². The van der Waals surface area contributed by atoms with Crippen LogP contribution in [-0.2, 0) is 4.79 Å². The van der Waals surface area contributed by atoms with Crippen molar-refractivity contribution in [1.29, 1.82) is 0 Å². The predicted octanol–water partition coefficient (Wildman–Crippen LogP) is 1.50. The quantitative estimate of drug-likeness (QED) is 0.671. The van der Waals surface area contributed by atoms with Crippen molar-refractivity contribution in [1.82, 2.24) is 0 Å². The molecule has 0 aromatic carbocycles. The molecular formula is C11H18O3. The SMILES string of the molecule is CC1(C)[C@@H]2CC[C@@]1(C)[C@H](O)[C@@H]2C(=O)O. The van der Waals surface area contributed by atoms with Gasteiger partial charge in [0.2, 0.25) is 0 Å². The molecule has 3 nitrogen and oxygen atoms in total. The van der Waals surface area contributed by atoms with Gasteiger partial charge in [-0.15, -0.1) is 0 Å². The molecule has 2 fully saturated rings. The van der Waals surface area contributed by atoms with Crippen molar-refractivity contribution in [3.63, 3.8) is 0 Å². The van der Waals surface area contributed by atoms with E-state index in [4.69, 9.17) is 5.11 Å². The molecule has 2 aliphatic carbocycles. The molecule has 0 aromatic heterocycles. The van der Waals surface area contributed by atoms with Crippen LogP contribution in [0.4, 0.5) is 0 Å². The molecule has 2 bridgehead atoms. The number of aliphatic hydroxyl groups excluding tert-OH is 1. The topological polar surface area (TPSA) is 57.5 Å². The predicted molar refractivity (Wildman–Crippen MR) is 51.7 cm³/mol. The fourth-order valence-electron chi connectivity index (χ4n) is 3.64. The number of carboxylic acids is 1. The molecule has 0 saturated heterocycles. The maximum atomic E-state index is 11.1. The number of aliphatic hydroxyl groups is 1. The first-order valence-corrected chi connectivity index (χ1v) is 5.23. The van der Waals surface area contributed by atoms with Crippen LogP contribution in [0, 0.1) is 22.7 Å². The van der Waals surface area contributed by atoms with Gasteiger partial charge in [0.25, 0.3) is 0 Å². The third-order valence-electron chi connectivity index (χ3n) is 5.09. The summed E-state index contributed by atoms with van der Waals surface area (Å²) in [5.74, 6) is -1.25. The average Bonchev–Trinajstić information content (AvgIpc) is 2.35. The Morgan fingerprint density at radius 3 is 2.21 bits per heavy atom. The second-order valence-corrected chi connectivity index (χ2v) is 5.59. The third kappa shape index (κ3) is 0.842. The van der Waals surface area contributed by atoms with Crippen LogP contribution in [0.2, 0.25) is 0 Å². The van der Waals surface area contributed by atoms with Crippen LogP contribution in [-0.4, -0.2) is 22.3 Å². The molecule has 2 aliphatic rings. The Bertz CT molecular complexity index is 284. The molecule has 0 heterocycles. The van der Waals surface area contributed by atoms with Crippen molar-refractivity contribution < 1.29 is 15.0 Å². The molecule has 80 valence electrons. The Hall–Kier alpha value is -0.570. The Morgan fingerprint density at radius 2 is 1.93 bits per heavy atom. The highest BCUT2D eigenvalue weighted by Crippen LogP contribution is 2.67. The second-order valence-electron chi connectivity index (χ2n) is 5.59. The molecule has 4 atom stereocenters. The van der Waals surface area contributed by atoms with E-state index < -0.39 is 18.0 Å². The van der Waals surface area contributed by atoms with Gasteiger partial charge in [-0.3, -0.25) is 4.79 Å². The largest absolute Gasteiger partial charge is 0.481 e. The number of carboxylic acid groups (broad SMARTS) is 1. The lowest BCUT2D eigenvalue weighted by molar-refractivity contribution is -0.149. The van der Waals surface area contributed by atoms with Gasteiger partial charge >= 0.3 is 5.97 Å². The maximum Gasteiger partial charge on any atom is 0.309 e. The molecule has 2 saturated carbocycles. The van der Waals surface area contributed by atoms with E-state index in [-0.39, 0.29) is 16.7 Å². The lowest BCUT2D eigenvalue weighted by Crippen LogP contribution is -2.39. The summed E-state index contributed by atoms with van der Waals surface area (Å²) in [5, 5.41) is 19.2. The van der Waals surface area contributed by atoms with Crippen molar-refractivity contribution in [2.75, 3.05) is 0 Å². The van der Waals surface area contributed by atoms with E-state index in [1.807, 2.05) is 6.92 Å². The van der Waals surface area contributed by atoms with Gasteiger partial charge in [0.05, 0.1) is 12.0 Å². The van der Waals surface area contributed by atoms with E-state index in [2.05, 4.69) is 13.8 Å². The fraction of sp³-hybridized carbons (Fsp3) is 0.909. The van der Waals surface area contributed by atoms with Crippen LogP contribution < -0.4 is 0 Å². The Labute approximate surface area is 84.1 Å². The zero-order chi connectivity index (χ0) is 10.7. The van der Waals surface area contributed by atoms with Crippen LogP contribution >= 0.6 is 0 Å².